The van der Waals surface area contributed by atoms with Crippen molar-refractivity contribution in [1.29, 1.82) is 0 Å². The summed E-state index contributed by atoms with van der Waals surface area (Å²) in [4.78, 5) is 11.1. The van der Waals surface area contributed by atoms with Gasteiger partial charge in [0.15, 0.2) is 5.78 Å². The minimum atomic E-state index is -0.798. The monoisotopic (exact) mass is 239 g/mol. The number of hydrogen-bond donors (Lipinski definition) is 1. The molecule has 1 N–H and O–H groups in total. The summed E-state index contributed by atoms with van der Waals surface area (Å²) in [6.45, 7) is 3.53. The Bertz CT molecular complexity index is 387. The minimum Gasteiger partial charge on any atom is -0.382 e. The molecule has 16 heavy (non-hydrogen) atoms. The lowest BCUT2D eigenvalue weighted by Gasteiger charge is -2.13. The van der Waals surface area contributed by atoms with Gasteiger partial charge >= 0.3 is 0 Å². The van der Waals surface area contributed by atoms with Crippen molar-refractivity contribution < 1.29 is 9.00 Å². The zero-order valence-electron chi connectivity index (χ0n) is 9.82. The van der Waals surface area contributed by atoms with Crippen LogP contribution in [-0.2, 0) is 10.8 Å². The molecule has 0 fully saturated rings. The third kappa shape index (κ3) is 4.14. The number of benzene rings is 1. The lowest BCUT2D eigenvalue weighted by molar-refractivity contribution is 0.101. The molecule has 1 rings (SSSR count). The molecule has 1 aromatic carbocycles. The molecule has 0 amide bonds. The van der Waals surface area contributed by atoms with E-state index in [9.17, 15) is 9.00 Å². The second-order valence-electron chi connectivity index (χ2n) is 3.92. The van der Waals surface area contributed by atoms with Crippen LogP contribution in [0.3, 0.4) is 0 Å². The van der Waals surface area contributed by atoms with Crippen molar-refractivity contribution in [2.24, 2.45) is 0 Å². The zero-order valence-corrected chi connectivity index (χ0v) is 10.6. The SMILES string of the molecule is CC(=O)c1ccc(NC(C)CS(C)=O)cc1. The fourth-order valence-electron chi connectivity index (χ4n) is 1.48. The molecule has 2 unspecified atom stereocenters. The molecule has 4 heteroatoms. The predicted octanol–water partition coefficient (Wildman–Crippen LogP) is 2.07. The molecule has 0 aliphatic heterocycles. The van der Waals surface area contributed by atoms with Gasteiger partial charge in [0.05, 0.1) is 0 Å². The van der Waals surface area contributed by atoms with Gasteiger partial charge < -0.3 is 5.32 Å². The van der Waals surface area contributed by atoms with E-state index >= 15 is 0 Å². The average Bonchev–Trinajstić information content (AvgIpc) is 2.16. The van der Waals surface area contributed by atoms with Gasteiger partial charge in [-0.25, -0.2) is 0 Å². The van der Waals surface area contributed by atoms with Gasteiger partial charge in [-0.2, -0.15) is 0 Å². The molecular formula is C12H17NO2S. The zero-order chi connectivity index (χ0) is 12.1. The van der Waals surface area contributed by atoms with Crippen molar-refractivity contribution >= 4 is 22.3 Å². The van der Waals surface area contributed by atoms with Gasteiger partial charge in [0.1, 0.15) is 0 Å². The van der Waals surface area contributed by atoms with Crippen molar-refractivity contribution in [3.63, 3.8) is 0 Å². The highest BCUT2D eigenvalue weighted by atomic mass is 32.2. The number of anilines is 1. The van der Waals surface area contributed by atoms with E-state index in [2.05, 4.69) is 5.32 Å². The molecule has 2 atom stereocenters. The normalized spacial score (nSPS) is 14.2. The molecule has 0 bridgehead atoms. The van der Waals surface area contributed by atoms with Crippen molar-refractivity contribution in [2.75, 3.05) is 17.3 Å². The summed E-state index contributed by atoms with van der Waals surface area (Å²) in [5.41, 5.74) is 1.65. The summed E-state index contributed by atoms with van der Waals surface area (Å²) < 4.78 is 11.0. The Kier molecular flexibility index (Phi) is 4.68. The van der Waals surface area contributed by atoms with Crippen LogP contribution in [0.15, 0.2) is 24.3 Å². The van der Waals surface area contributed by atoms with Crippen molar-refractivity contribution in [2.45, 2.75) is 19.9 Å². The molecule has 0 aromatic heterocycles. The van der Waals surface area contributed by atoms with E-state index in [0.717, 1.165) is 5.69 Å². The first kappa shape index (κ1) is 12.9. The van der Waals surface area contributed by atoms with Gasteiger partial charge in [0.2, 0.25) is 0 Å². The Hall–Kier alpha value is -1.16. The van der Waals surface area contributed by atoms with E-state index in [0.29, 0.717) is 11.3 Å². The second-order valence-corrected chi connectivity index (χ2v) is 5.40. The van der Waals surface area contributed by atoms with Crippen LogP contribution in [0.5, 0.6) is 0 Å². The average molecular weight is 239 g/mol. The maximum Gasteiger partial charge on any atom is 0.159 e. The van der Waals surface area contributed by atoms with Crippen LogP contribution in [-0.4, -0.2) is 28.0 Å². The quantitative estimate of drug-likeness (QED) is 0.800. The Morgan fingerprint density at radius 3 is 2.38 bits per heavy atom. The summed E-state index contributed by atoms with van der Waals surface area (Å²) in [5.74, 6) is 0.684. The van der Waals surface area contributed by atoms with Crippen LogP contribution >= 0.6 is 0 Å². The fourth-order valence-corrected chi connectivity index (χ4v) is 2.27. The Labute approximate surface area is 98.7 Å². The molecule has 0 heterocycles. The van der Waals surface area contributed by atoms with Gasteiger partial charge in [0, 0.05) is 40.1 Å². The van der Waals surface area contributed by atoms with Gasteiger partial charge in [-0.15, -0.1) is 0 Å². The number of carbonyl (C=O) groups excluding carboxylic acids is 1. The first-order valence-corrected chi connectivity index (χ1v) is 6.89. The highest BCUT2D eigenvalue weighted by Crippen LogP contribution is 2.11. The van der Waals surface area contributed by atoms with E-state index < -0.39 is 10.8 Å². The van der Waals surface area contributed by atoms with Crippen LogP contribution < -0.4 is 5.32 Å². The van der Waals surface area contributed by atoms with Crippen LogP contribution in [0, 0.1) is 0 Å². The van der Waals surface area contributed by atoms with Crippen LogP contribution in [0.2, 0.25) is 0 Å². The lowest BCUT2D eigenvalue weighted by Crippen LogP contribution is -2.22. The second kappa shape index (κ2) is 5.80. The predicted molar refractivity (Wildman–Crippen MR) is 68.5 cm³/mol. The number of Topliss-reactive ketones (excluding diaryl/α,β-unsaturated/α-hetero) is 1. The number of rotatable bonds is 5. The topological polar surface area (TPSA) is 46.2 Å². The molecular weight excluding hydrogens is 222 g/mol. The van der Waals surface area contributed by atoms with E-state index in [1.165, 1.54) is 0 Å². The number of hydrogen-bond acceptors (Lipinski definition) is 3. The third-order valence-corrected chi connectivity index (χ3v) is 3.16. The number of carbonyl (C=O) groups is 1. The first-order chi connectivity index (χ1) is 7.49. The summed E-state index contributed by atoms with van der Waals surface area (Å²) in [6.07, 6.45) is 1.69. The molecule has 0 saturated carbocycles. The highest BCUT2D eigenvalue weighted by molar-refractivity contribution is 7.84. The smallest absolute Gasteiger partial charge is 0.159 e. The summed E-state index contributed by atoms with van der Waals surface area (Å²) in [5, 5.41) is 3.23. The van der Waals surface area contributed by atoms with Crippen LogP contribution in [0.1, 0.15) is 24.2 Å². The van der Waals surface area contributed by atoms with Crippen LogP contribution in [0.25, 0.3) is 0 Å². The van der Waals surface area contributed by atoms with E-state index in [4.69, 9.17) is 0 Å². The summed E-state index contributed by atoms with van der Waals surface area (Å²) in [6, 6.07) is 7.48. The standard InChI is InChI=1S/C12H17NO2S/c1-9(8-16(3)15)13-12-6-4-11(5-7-12)10(2)14/h4-7,9,13H,8H2,1-3H3. The summed E-state index contributed by atoms with van der Waals surface area (Å²) in [7, 11) is -0.798. The van der Waals surface area contributed by atoms with E-state index in [1.54, 1.807) is 25.3 Å². The largest absolute Gasteiger partial charge is 0.382 e. The molecule has 0 aliphatic carbocycles. The maximum atomic E-state index is 11.1. The Balaban J connectivity index is 2.61. The van der Waals surface area contributed by atoms with Crippen LogP contribution in [0.4, 0.5) is 5.69 Å². The molecule has 1 aromatic rings. The van der Waals surface area contributed by atoms with E-state index in [-0.39, 0.29) is 11.8 Å². The number of ketones is 1. The number of nitrogens with one attached hydrogen (secondary N) is 1. The highest BCUT2D eigenvalue weighted by Gasteiger charge is 2.04. The Morgan fingerprint density at radius 1 is 1.38 bits per heavy atom. The molecule has 88 valence electrons. The van der Waals surface area contributed by atoms with Crippen molar-refractivity contribution in [1.82, 2.24) is 0 Å². The van der Waals surface area contributed by atoms with Gasteiger partial charge in [-0.1, -0.05) is 0 Å². The van der Waals surface area contributed by atoms with Crippen molar-refractivity contribution in [3.05, 3.63) is 29.8 Å². The maximum absolute atomic E-state index is 11.1. The molecule has 0 radical (unpaired) electrons. The van der Waals surface area contributed by atoms with Gasteiger partial charge in [0.25, 0.3) is 0 Å². The molecule has 3 nitrogen and oxygen atoms in total. The van der Waals surface area contributed by atoms with Gasteiger partial charge in [-0.3, -0.25) is 9.00 Å². The van der Waals surface area contributed by atoms with E-state index in [1.807, 2.05) is 19.1 Å². The first-order valence-electron chi connectivity index (χ1n) is 5.16. The third-order valence-electron chi connectivity index (χ3n) is 2.19. The Morgan fingerprint density at radius 2 is 1.94 bits per heavy atom. The molecule has 0 aliphatic rings. The lowest BCUT2D eigenvalue weighted by atomic mass is 10.1. The summed E-state index contributed by atoms with van der Waals surface area (Å²) >= 11 is 0. The molecule has 0 saturated heterocycles. The minimum absolute atomic E-state index is 0.0641. The molecule has 0 spiro atoms. The van der Waals surface area contributed by atoms with Crippen molar-refractivity contribution in [3.8, 4) is 0 Å². The fraction of sp³-hybridized carbons (Fsp3) is 0.417. The van der Waals surface area contributed by atoms with Gasteiger partial charge in [-0.05, 0) is 38.1 Å².